The van der Waals surface area contributed by atoms with Crippen molar-refractivity contribution in [3.63, 3.8) is 0 Å². The Kier molecular flexibility index (Phi) is 16.8. The minimum absolute atomic E-state index is 0.147. The van der Waals surface area contributed by atoms with Gasteiger partial charge in [0.05, 0.1) is 37.7 Å². The average molecular weight is 941 g/mol. The van der Waals surface area contributed by atoms with Gasteiger partial charge in [0.2, 0.25) is 20.0 Å². The van der Waals surface area contributed by atoms with Crippen molar-refractivity contribution in [2.24, 2.45) is 0 Å². The Morgan fingerprint density at radius 1 is 0.633 bits per heavy atom. The number of nitrogens with one attached hydrogen (secondary N) is 2. The molecule has 2 N–H and O–H groups in total. The van der Waals surface area contributed by atoms with Crippen LogP contribution in [0.15, 0.2) is 85.5 Å². The summed E-state index contributed by atoms with van der Waals surface area (Å²) in [6.45, 7) is 6.07. The van der Waals surface area contributed by atoms with Gasteiger partial charge in [0.1, 0.15) is 0 Å². The lowest BCUT2D eigenvalue weighted by atomic mass is 9.73. The monoisotopic (exact) mass is 938 g/mol. The summed E-state index contributed by atoms with van der Waals surface area (Å²) in [5.74, 6) is -0.337. The average Bonchev–Trinajstić information content (AvgIpc) is 3.23. The predicted octanol–water partition coefficient (Wildman–Crippen LogP) is 7.78. The zero-order valence-electron chi connectivity index (χ0n) is 33.5. The Bertz CT molecular complexity index is 2290. The third kappa shape index (κ3) is 11.8. The third-order valence-corrected chi connectivity index (χ3v) is 16.5. The molecule has 2 aromatic carbocycles. The highest BCUT2D eigenvalue weighted by Gasteiger charge is 2.41. The fourth-order valence-electron chi connectivity index (χ4n) is 7.75. The summed E-state index contributed by atoms with van der Waals surface area (Å²) in [6, 6.07) is 17.4. The van der Waals surface area contributed by atoms with E-state index in [1.54, 1.807) is 63.7 Å². The van der Waals surface area contributed by atoms with Crippen LogP contribution >= 0.6 is 46.4 Å². The van der Waals surface area contributed by atoms with Gasteiger partial charge in [-0.15, -0.1) is 0 Å². The van der Waals surface area contributed by atoms with Crippen molar-refractivity contribution in [3.05, 3.63) is 128 Å². The van der Waals surface area contributed by atoms with E-state index in [1.807, 2.05) is 38.1 Å². The van der Waals surface area contributed by atoms with Crippen molar-refractivity contribution < 1.29 is 26.4 Å². The van der Waals surface area contributed by atoms with Gasteiger partial charge < -0.3 is 10.6 Å². The Hall–Kier alpha value is -3.34. The molecule has 2 aliphatic rings. The molecule has 0 bridgehead atoms. The lowest BCUT2D eigenvalue weighted by Gasteiger charge is -2.41. The molecule has 18 heteroatoms. The predicted molar refractivity (Wildman–Crippen MR) is 239 cm³/mol. The van der Waals surface area contributed by atoms with Crippen molar-refractivity contribution in [2.45, 2.75) is 63.2 Å². The van der Waals surface area contributed by atoms with Crippen LogP contribution in [-0.2, 0) is 30.9 Å². The smallest absolute Gasteiger partial charge is 0.254 e. The molecule has 4 heterocycles. The number of hydrogen-bond acceptors (Lipinski definition) is 8. The first-order valence-corrected chi connectivity index (χ1v) is 24.5. The zero-order valence-corrected chi connectivity index (χ0v) is 38.2. The number of carbonyl (C=O) groups excluding carboxylic acids is 2. The van der Waals surface area contributed by atoms with Crippen LogP contribution in [0, 0.1) is 0 Å². The number of sulfonamides is 2. The Labute approximate surface area is 373 Å². The number of halogens is 4. The van der Waals surface area contributed by atoms with Gasteiger partial charge in [-0.05, 0) is 98.2 Å². The van der Waals surface area contributed by atoms with Gasteiger partial charge >= 0.3 is 0 Å². The Morgan fingerprint density at radius 2 is 1.15 bits per heavy atom. The molecule has 0 atom stereocenters. The number of piperidine rings is 2. The third-order valence-electron chi connectivity index (χ3n) is 11.2. The number of nitrogens with zero attached hydrogens (tertiary/aromatic N) is 4. The number of carbonyl (C=O) groups is 2. The molecule has 0 unspecified atom stereocenters. The molecule has 2 saturated heterocycles. The highest BCUT2D eigenvalue weighted by atomic mass is 35.5. The van der Waals surface area contributed by atoms with Crippen LogP contribution in [0.2, 0.25) is 20.1 Å². The van der Waals surface area contributed by atoms with Crippen LogP contribution in [0.5, 0.6) is 0 Å². The van der Waals surface area contributed by atoms with Gasteiger partial charge in [-0.3, -0.25) is 19.6 Å². The maximum atomic E-state index is 12.8. The molecule has 2 fully saturated rings. The lowest BCUT2D eigenvalue weighted by molar-refractivity contribution is 0.0926. The van der Waals surface area contributed by atoms with Crippen LogP contribution in [0.4, 0.5) is 0 Å². The zero-order chi connectivity index (χ0) is 43.6. The van der Waals surface area contributed by atoms with Crippen LogP contribution in [0.3, 0.4) is 0 Å². The molecule has 4 aromatic rings. The minimum atomic E-state index is -3.26. The van der Waals surface area contributed by atoms with Gasteiger partial charge in [-0.1, -0.05) is 72.4 Å². The van der Waals surface area contributed by atoms with E-state index in [2.05, 4.69) is 20.6 Å². The highest BCUT2D eigenvalue weighted by molar-refractivity contribution is 7.89. The molecular weight excluding hydrogens is 890 g/mol. The van der Waals surface area contributed by atoms with E-state index in [0.29, 0.717) is 93.4 Å². The first-order valence-electron chi connectivity index (χ1n) is 19.8. The summed E-state index contributed by atoms with van der Waals surface area (Å²) in [5.41, 5.74) is 1.81. The second-order valence-corrected chi connectivity index (χ2v) is 20.9. The highest BCUT2D eigenvalue weighted by Crippen LogP contribution is 2.38. The molecule has 0 radical (unpaired) electrons. The summed E-state index contributed by atoms with van der Waals surface area (Å²) in [5, 5.41) is 7.29. The fraction of sp³-hybridized carbons (Fsp3) is 0.429. The van der Waals surface area contributed by atoms with E-state index < -0.39 is 25.5 Å². The lowest BCUT2D eigenvalue weighted by Crippen LogP contribution is -2.50. The molecule has 60 heavy (non-hydrogen) atoms. The normalized spacial score (nSPS) is 16.9. The molecule has 0 spiro atoms. The largest absolute Gasteiger partial charge is 0.351 e. The van der Waals surface area contributed by atoms with Crippen molar-refractivity contribution in [1.29, 1.82) is 0 Å². The Morgan fingerprint density at radius 3 is 1.63 bits per heavy atom. The van der Waals surface area contributed by atoms with E-state index in [0.717, 1.165) is 11.1 Å². The maximum Gasteiger partial charge on any atom is 0.254 e. The topological polar surface area (TPSA) is 159 Å². The molecule has 12 nitrogen and oxygen atoms in total. The first kappa shape index (κ1) is 47.7. The van der Waals surface area contributed by atoms with E-state index in [1.165, 1.54) is 6.07 Å². The van der Waals surface area contributed by atoms with Crippen LogP contribution in [-0.4, -0.2) is 98.0 Å². The summed E-state index contributed by atoms with van der Waals surface area (Å²) in [4.78, 5) is 33.9. The van der Waals surface area contributed by atoms with E-state index in [4.69, 9.17) is 46.4 Å². The summed E-state index contributed by atoms with van der Waals surface area (Å²) in [6.07, 6.45) is 10.5. The number of pyridine rings is 2. The maximum absolute atomic E-state index is 12.8. The number of amides is 2. The molecule has 6 rings (SSSR count). The summed E-state index contributed by atoms with van der Waals surface area (Å²) >= 11 is 24.4. The van der Waals surface area contributed by atoms with Crippen molar-refractivity contribution >= 4 is 78.3 Å². The molecule has 324 valence electrons. The van der Waals surface area contributed by atoms with Crippen molar-refractivity contribution in [2.75, 3.05) is 50.8 Å². The SMILES string of the molecule is CCCS(=O)(=O)N1CCC(CNC(=O)c2c(Cl)cccc2Cl)(c2cccnc2)CC1.CCCS(=O)(=O)N1CCC(CNC(=O)c2ccc(Cl)cc2Cl)(c2ccncc2)CC1. The quantitative estimate of drug-likeness (QED) is 0.130. The molecule has 0 saturated carbocycles. The molecule has 2 amide bonds. The van der Waals surface area contributed by atoms with Gasteiger partial charge in [-0.2, -0.15) is 0 Å². The number of aromatic nitrogens is 2. The van der Waals surface area contributed by atoms with Gasteiger partial charge in [0.25, 0.3) is 11.8 Å². The van der Waals surface area contributed by atoms with Crippen molar-refractivity contribution in [3.8, 4) is 0 Å². The summed E-state index contributed by atoms with van der Waals surface area (Å²) < 4.78 is 53.0. The number of benzene rings is 2. The number of hydrogen-bond donors (Lipinski definition) is 2. The van der Waals surface area contributed by atoms with Crippen LogP contribution < -0.4 is 10.6 Å². The van der Waals surface area contributed by atoms with E-state index in [-0.39, 0.29) is 44.3 Å². The number of rotatable bonds is 14. The van der Waals surface area contributed by atoms with Crippen LogP contribution in [0.25, 0.3) is 0 Å². The standard InChI is InChI=1S/2C21H25Cl2N3O3S/c1-2-13-30(28,29)26-11-8-21(9-12-26,16-5-4-10-24-14-16)15-25-20(27)19-17(22)6-3-7-18(19)23;1-2-13-30(28,29)26-11-7-21(8-12-26,16-5-9-24-10-6-16)15-25-20(27)18-4-3-17(22)14-19(18)23/h3-7,10,14H,2,8-9,11-13,15H2,1H3,(H,25,27);3-6,9-10,14H,2,7-8,11-13,15H2,1H3,(H,25,27). The van der Waals surface area contributed by atoms with Crippen molar-refractivity contribution in [1.82, 2.24) is 29.2 Å². The fourth-order valence-corrected chi connectivity index (χ4v) is 11.8. The molecular formula is C42H50Cl4N6O6S2. The Balaban J connectivity index is 0.000000228. The van der Waals surface area contributed by atoms with Gasteiger partial charge in [-0.25, -0.2) is 25.4 Å². The summed E-state index contributed by atoms with van der Waals surface area (Å²) in [7, 11) is -6.50. The minimum Gasteiger partial charge on any atom is -0.351 e. The second-order valence-electron chi connectivity index (χ2n) is 15.1. The molecule has 2 aliphatic heterocycles. The molecule has 2 aromatic heterocycles. The first-order chi connectivity index (χ1) is 28.6. The van der Waals surface area contributed by atoms with E-state index >= 15 is 0 Å². The molecule has 0 aliphatic carbocycles. The second kappa shape index (κ2) is 21.2. The van der Waals surface area contributed by atoms with Gasteiger partial charge in [0.15, 0.2) is 0 Å². The van der Waals surface area contributed by atoms with Crippen LogP contribution in [0.1, 0.15) is 84.2 Å². The van der Waals surface area contributed by atoms with Gasteiger partial charge in [0, 0.05) is 79.9 Å². The van der Waals surface area contributed by atoms with E-state index in [9.17, 15) is 26.4 Å².